The van der Waals surface area contributed by atoms with E-state index in [4.69, 9.17) is 0 Å². The number of aromatic nitrogens is 1. The van der Waals surface area contributed by atoms with Crippen molar-refractivity contribution in [3.63, 3.8) is 0 Å². The maximum absolute atomic E-state index is 12.9. The number of hydrogen-bond donors (Lipinski definition) is 2. The number of amides is 1. The second kappa shape index (κ2) is 7.32. The topological polar surface area (TPSA) is 88.2 Å². The second-order valence-corrected chi connectivity index (χ2v) is 7.99. The third-order valence-electron chi connectivity index (χ3n) is 3.45. The van der Waals surface area contributed by atoms with Crippen molar-refractivity contribution >= 4 is 27.3 Å². The molecule has 0 radical (unpaired) electrons. The van der Waals surface area contributed by atoms with Crippen LogP contribution in [0.5, 0.6) is 0 Å². The zero-order valence-corrected chi connectivity index (χ0v) is 15.2. The van der Waals surface area contributed by atoms with Gasteiger partial charge in [-0.3, -0.25) is 10.2 Å². The highest BCUT2D eigenvalue weighted by Crippen LogP contribution is 2.27. The van der Waals surface area contributed by atoms with Crippen molar-refractivity contribution in [1.29, 1.82) is 0 Å². The molecule has 0 aliphatic rings. The van der Waals surface area contributed by atoms with Crippen LogP contribution in [-0.2, 0) is 10.0 Å². The molecule has 6 nitrogen and oxygen atoms in total. The van der Waals surface area contributed by atoms with Gasteiger partial charge in [0.05, 0.1) is 10.6 Å². The molecule has 1 heterocycles. The minimum Gasteiger partial charge on any atom is -0.273 e. The molecule has 0 spiro atoms. The molecule has 0 fully saturated rings. The van der Waals surface area contributed by atoms with Crippen LogP contribution >= 0.6 is 11.3 Å². The van der Waals surface area contributed by atoms with Crippen molar-refractivity contribution in [2.75, 3.05) is 0 Å². The summed E-state index contributed by atoms with van der Waals surface area (Å²) in [4.78, 5) is 18.8. The summed E-state index contributed by atoms with van der Waals surface area (Å²) in [6, 6.07) is 13.6. The normalized spacial score (nSPS) is 11.3. The van der Waals surface area contributed by atoms with Gasteiger partial charge in [0.1, 0.15) is 15.7 Å². The summed E-state index contributed by atoms with van der Waals surface area (Å²) in [6.07, 6.45) is 0. The van der Waals surface area contributed by atoms with Crippen LogP contribution in [0.2, 0.25) is 0 Å². The highest BCUT2D eigenvalue weighted by molar-refractivity contribution is 7.89. The van der Waals surface area contributed by atoms with Crippen LogP contribution in [0.25, 0.3) is 10.6 Å². The highest BCUT2D eigenvalue weighted by atomic mass is 32.2. The van der Waals surface area contributed by atoms with Crippen molar-refractivity contribution < 1.29 is 17.6 Å². The fraction of sp³-hybridized carbons (Fsp3) is 0.0588. The number of nitrogens with one attached hydrogen (secondary N) is 2. The number of hydrogen-bond acceptors (Lipinski definition) is 5. The Morgan fingerprint density at radius 3 is 2.38 bits per heavy atom. The number of thiazole rings is 1. The molecule has 0 atom stereocenters. The molecular weight excluding hydrogens is 377 g/mol. The second-order valence-electron chi connectivity index (χ2n) is 5.31. The molecule has 0 saturated carbocycles. The van der Waals surface area contributed by atoms with Gasteiger partial charge in [-0.15, -0.1) is 16.2 Å². The van der Waals surface area contributed by atoms with E-state index in [0.717, 1.165) is 41.2 Å². The van der Waals surface area contributed by atoms with E-state index in [-0.39, 0.29) is 4.90 Å². The molecule has 26 heavy (non-hydrogen) atoms. The van der Waals surface area contributed by atoms with Gasteiger partial charge in [-0.1, -0.05) is 30.3 Å². The molecule has 0 aliphatic heterocycles. The number of carbonyl (C=O) groups excluding carboxylic acids is 1. The third kappa shape index (κ3) is 3.96. The molecule has 0 bridgehead atoms. The molecule has 0 saturated heterocycles. The van der Waals surface area contributed by atoms with Gasteiger partial charge >= 0.3 is 0 Å². The van der Waals surface area contributed by atoms with Gasteiger partial charge in [0.25, 0.3) is 15.9 Å². The lowest BCUT2D eigenvalue weighted by molar-refractivity contribution is 0.0948. The highest BCUT2D eigenvalue weighted by Gasteiger charge is 2.19. The molecule has 0 aliphatic carbocycles. The summed E-state index contributed by atoms with van der Waals surface area (Å²) in [5, 5.41) is 0.662. The summed E-state index contributed by atoms with van der Waals surface area (Å²) in [6.45, 7) is 1.67. The Balaban J connectivity index is 1.74. The van der Waals surface area contributed by atoms with E-state index in [1.54, 1.807) is 6.92 Å². The van der Waals surface area contributed by atoms with Gasteiger partial charge in [0.15, 0.2) is 0 Å². The number of carbonyl (C=O) groups is 1. The number of benzene rings is 2. The number of sulfonamides is 1. The predicted molar refractivity (Wildman–Crippen MR) is 96.5 cm³/mol. The molecule has 1 amide bonds. The van der Waals surface area contributed by atoms with Gasteiger partial charge in [-0.2, -0.15) is 0 Å². The lowest BCUT2D eigenvalue weighted by atomic mass is 10.2. The SMILES string of the molecule is Cc1nc(-c2ccccc2)sc1C(=O)NNS(=O)(=O)c1ccc(F)cc1. The van der Waals surface area contributed by atoms with Crippen LogP contribution in [0.4, 0.5) is 4.39 Å². The van der Waals surface area contributed by atoms with Gasteiger partial charge < -0.3 is 0 Å². The summed E-state index contributed by atoms with van der Waals surface area (Å²) in [7, 11) is -4.00. The number of nitrogens with zero attached hydrogens (tertiary/aromatic N) is 1. The Labute approximate surface area is 153 Å². The number of rotatable bonds is 5. The smallest absolute Gasteiger partial charge is 0.273 e. The standard InChI is InChI=1S/C17H14FN3O3S2/c1-11-15(25-17(19-11)12-5-3-2-4-6-12)16(22)20-21-26(23,24)14-9-7-13(18)8-10-14/h2-10,21H,1H3,(H,20,22). The van der Waals surface area contributed by atoms with Crippen molar-refractivity contribution in [2.45, 2.75) is 11.8 Å². The Morgan fingerprint density at radius 1 is 1.08 bits per heavy atom. The maximum atomic E-state index is 12.9. The van der Waals surface area contributed by atoms with Crippen LogP contribution < -0.4 is 10.3 Å². The lowest BCUT2D eigenvalue weighted by Gasteiger charge is -2.07. The first kappa shape index (κ1) is 18.2. The quantitative estimate of drug-likeness (QED) is 0.655. The zero-order valence-electron chi connectivity index (χ0n) is 13.6. The molecule has 2 N–H and O–H groups in total. The molecule has 2 aromatic carbocycles. The molecule has 1 aromatic heterocycles. The summed E-state index contributed by atoms with van der Waals surface area (Å²) >= 11 is 1.16. The summed E-state index contributed by atoms with van der Waals surface area (Å²) in [5.41, 5.74) is 3.52. The third-order valence-corrected chi connectivity index (χ3v) is 5.92. The Hall–Kier alpha value is -2.62. The molecular formula is C17H14FN3O3S2. The predicted octanol–water partition coefficient (Wildman–Crippen LogP) is 2.88. The number of aryl methyl sites for hydroxylation is 1. The molecule has 3 rings (SSSR count). The average molecular weight is 391 g/mol. The van der Waals surface area contributed by atoms with Gasteiger partial charge in [0, 0.05) is 5.56 Å². The van der Waals surface area contributed by atoms with Gasteiger partial charge in [0.2, 0.25) is 0 Å². The first-order valence-electron chi connectivity index (χ1n) is 7.47. The Kier molecular flexibility index (Phi) is 5.12. The molecule has 3 aromatic rings. The van der Waals surface area contributed by atoms with Crippen molar-refractivity contribution in [3.8, 4) is 10.6 Å². The van der Waals surface area contributed by atoms with E-state index < -0.39 is 21.7 Å². The van der Waals surface area contributed by atoms with Crippen LogP contribution in [0.15, 0.2) is 59.5 Å². The fourth-order valence-electron chi connectivity index (χ4n) is 2.15. The first-order valence-corrected chi connectivity index (χ1v) is 9.77. The summed E-state index contributed by atoms with van der Waals surface area (Å²) in [5.74, 6) is -1.17. The van der Waals surface area contributed by atoms with E-state index in [1.165, 1.54) is 0 Å². The van der Waals surface area contributed by atoms with Crippen molar-refractivity contribution in [1.82, 2.24) is 15.2 Å². The van der Waals surface area contributed by atoms with Crippen LogP contribution in [0, 0.1) is 12.7 Å². The molecule has 9 heteroatoms. The lowest BCUT2D eigenvalue weighted by Crippen LogP contribution is -2.41. The average Bonchev–Trinajstić information content (AvgIpc) is 3.03. The van der Waals surface area contributed by atoms with Gasteiger partial charge in [-0.25, -0.2) is 17.8 Å². The van der Waals surface area contributed by atoms with E-state index in [9.17, 15) is 17.6 Å². The zero-order chi connectivity index (χ0) is 18.7. The van der Waals surface area contributed by atoms with E-state index in [0.29, 0.717) is 15.6 Å². The van der Waals surface area contributed by atoms with E-state index in [1.807, 2.05) is 35.2 Å². The molecule has 0 unspecified atom stereocenters. The first-order chi connectivity index (χ1) is 12.4. The van der Waals surface area contributed by atoms with E-state index >= 15 is 0 Å². The van der Waals surface area contributed by atoms with Crippen LogP contribution in [-0.4, -0.2) is 19.3 Å². The number of hydrazine groups is 1. The fourth-order valence-corrected chi connectivity index (χ4v) is 3.96. The summed E-state index contributed by atoms with van der Waals surface area (Å²) < 4.78 is 37.2. The number of halogens is 1. The largest absolute Gasteiger partial charge is 0.278 e. The monoisotopic (exact) mass is 391 g/mol. The van der Waals surface area contributed by atoms with Gasteiger partial charge in [-0.05, 0) is 31.2 Å². The van der Waals surface area contributed by atoms with E-state index in [2.05, 4.69) is 10.4 Å². The van der Waals surface area contributed by atoms with Crippen LogP contribution in [0.1, 0.15) is 15.4 Å². The Bertz CT molecular complexity index is 1030. The minimum absolute atomic E-state index is 0.162. The van der Waals surface area contributed by atoms with Crippen molar-refractivity contribution in [2.24, 2.45) is 0 Å². The van der Waals surface area contributed by atoms with Crippen LogP contribution in [0.3, 0.4) is 0 Å². The molecule has 134 valence electrons. The van der Waals surface area contributed by atoms with Crippen molar-refractivity contribution in [3.05, 3.63) is 71.0 Å². The Morgan fingerprint density at radius 2 is 1.73 bits per heavy atom. The maximum Gasteiger partial charge on any atom is 0.278 e. The minimum atomic E-state index is -4.00.